The molecule has 1 amide bonds. The van der Waals surface area contributed by atoms with E-state index in [1.54, 1.807) is 11.8 Å². The van der Waals surface area contributed by atoms with Crippen molar-refractivity contribution in [1.29, 1.82) is 0 Å². The maximum atomic E-state index is 13.0. The average molecular weight is 310 g/mol. The van der Waals surface area contributed by atoms with Crippen LogP contribution in [0.4, 0.5) is 5.69 Å². The van der Waals surface area contributed by atoms with E-state index in [0.29, 0.717) is 6.54 Å². The zero-order valence-electron chi connectivity index (χ0n) is 12.2. The lowest BCUT2D eigenvalue weighted by molar-refractivity contribution is -0.118. The van der Waals surface area contributed by atoms with Gasteiger partial charge in [-0.1, -0.05) is 36.4 Å². The van der Waals surface area contributed by atoms with Crippen LogP contribution in [0.2, 0.25) is 0 Å². The topological polar surface area (TPSA) is 46.3 Å². The molecule has 2 N–H and O–H groups in total. The second kappa shape index (κ2) is 5.45. The highest BCUT2D eigenvalue weighted by molar-refractivity contribution is 8.01. The van der Waals surface area contributed by atoms with Crippen LogP contribution in [0.1, 0.15) is 11.1 Å². The van der Waals surface area contributed by atoms with Crippen LogP contribution in [-0.2, 0) is 17.6 Å². The highest BCUT2D eigenvalue weighted by atomic mass is 32.2. The van der Waals surface area contributed by atoms with Gasteiger partial charge in [0.15, 0.2) is 0 Å². The van der Waals surface area contributed by atoms with Gasteiger partial charge in [-0.15, -0.1) is 11.8 Å². The van der Waals surface area contributed by atoms with Crippen molar-refractivity contribution in [2.45, 2.75) is 29.0 Å². The molecular weight excluding hydrogens is 292 g/mol. The lowest BCUT2D eigenvalue weighted by Crippen LogP contribution is -2.49. The zero-order valence-corrected chi connectivity index (χ0v) is 13.1. The Morgan fingerprint density at radius 1 is 1.05 bits per heavy atom. The number of nitrogens with two attached hydrogens (primary N) is 1. The summed E-state index contributed by atoms with van der Waals surface area (Å²) >= 11 is 1.68. The van der Waals surface area contributed by atoms with Crippen LogP contribution >= 0.6 is 11.8 Å². The Hall–Kier alpha value is -1.78. The van der Waals surface area contributed by atoms with Crippen molar-refractivity contribution in [1.82, 2.24) is 0 Å². The molecule has 22 heavy (non-hydrogen) atoms. The number of benzene rings is 2. The van der Waals surface area contributed by atoms with E-state index in [0.717, 1.165) is 18.5 Å². The fraction of sp³-hybridized carbons (Fsp3) is 0.278. The fourth-order valence-corrected chi connectivity index (χ4v) is 4.59. The lowest BCUT2D eigenvalue weighted by Gasteiger charge is -2.34. The summed E-state index contributed by atoms with van der Waals surface area (Å²) in [5.74, 6) is 0.184. The van der Waals surface area contributed by atoms with Gasteiger partial charge >= 0.3 is 0 Å². The first-order valence-electron chi connectivity index (χ1n) is 7.62. The second-order valence-corrected chi connectivity index (χ2v) is 7.20. The molecule has 2 aliphatic rings. The molecule has 0 aromatic heterocycles. The molecular formula is C18H18N2OS. The monoisotopic (exact) mass is 310 g/mol. The molecule has 3 nitrogen and oxygen atoms in total. The molecule has 4 rings (SSSR count). The highest BCUT2D eigenvalue weighted by Gasteiger charge is 2.35. The third-order valence-electron chi connectivity index (χ3n) is 4.37. The number of hydrogen-bond donors (Lipinski definition) is 1. The summed E-state index contributed by atoms with van der Waals surface area (Å²) in [7, 11) is 0. The number of anilines is 1. The van der Waals surface area contributed by atoms with E-state index < -0.39 is 0 Å². The van der Waals surface area contributed by atoms with Gasteiger partial charge in [0.25, 0.3) is 0 Å². The van der Waals surface area contributed by atoms with Crippen molar-refractivity contribution in [3.63, 3.8) is 0 Å². The van der Waals surface area contributed by atoms with E-state index in [9.17, 15) is 4.79 Å². The van der Waals surface area contributed by atoms with Crippen molar-refractivity contribution < 1.29 is 4.79 Å². The van der Waals surface area contributed by atoms with E-state index in [2.05, 4.69) is 18.2 Å². The van der Waals surface area contributed by atoms with E-state index in [4.69, 9.17) is 5.73 Å². The van der Waals surface area contributed by atoms with Crippen LogP contribution in [0.15, 0.2) is 53.4 Å². The van der Waals surface area contributed by atoms with Crippen molar-refractivity contribution >= 4 is 23.4 Å². The van der Waals surface area contributed by atoms with Gasteiger partial charge in [-0.05, 0) is 36.1 Å². The predicted octanol–water partition coefficient (Wildman–Crippen LogP) is 2.62. The van der Waals surface area contributed by atoms with E-state index in [-0.39, 0.29) is 17.2 Å². The van der Waals surface area contributed by atoms with Crippen molar-refractivity contribution in [2.24, 2.45) is 5.73 Å². The quantitative estimate of drug-likeness (QED) is 0.881. The minimum Gasteiger partial charge on any atom is -0.326 e. The second-order valence-electron chi connectivity index (χ2n) is 5.96. The van der Waals surface area contributed by atoms with Gasteiger partial charge in [-0.25, -0.2) is 0 Å². The number of carbonyl (C=O) groups excluding carboxylic acids is 1. The van der Waals surface area contributed by atoms with Crippen LogP contribution in [0.3, 0.4) is 0 Å². The molecule has 112 valence electrons. The third kappa shape index (κ3) is 2.32. The van der Waals surface area contributed by atoms with Gasteiger partial charge in [-0.3, -0.25) is 4.79 Å². The highest BCUT2D eigenvalue weighted by Crippen LogP contribution is 2.39. The first kappa shape index (κ1) is 13.9. The Balaban J connectivity index is 1.62. The van der Waals surface area contributed by atoms with Crippen LogP contribution in [0.25, 0.3) is 0 Å². The zero-order chi connectivity index (χ0) is 15.1. The lowest BCUT2D eigenvalue weighted by atomic mass is 9.97. The van der Waals surface area contributed by atoms with Crippen LogP contribution in [-0.4, -0.2) is 23.7 Å². The van der Waals surface area contributed by atoms with Gasteiger partial charge < -0.3 is 10.6 Å². The maximum Gasteiger partial charge on any atom is 0.240 e. The van der Waals surface area contributed by atoms with Crippen molar-refractivity contribution in [3.05, 3.63) is 59.7 Å². The third-order valence-corrected chi connectivity index (χ3v) is 5.68. The van der Waals surface area contributed by atoms with Crippen LogP contribution in [0.5, 0.6) is 0 Å². The molecule has 0 spiro atoms. The predicted molar refractivity (Wildman–Crippen MR) is 90.3 cm³/mol. The van der Waals surface area contributed by atoms with Gasteiger partial charge in [0.1, 0.15) is 0 Å². The molecule has 0 radical (unpaired) electrons. The molecule has 4 heteroatoms. The summed E-state index contributed by atoms with van der Waals surface area (Å²) < 4.78 is 0. The SMILES string of the molecule is NC1Cc2ccccc2N(C(=O)C2Cc3ccccc3S2)C1. The standard InChI is InChI=1S/C18H18N2OS/c19-14-9-12-5-1-3-7-15(12)20(11-14)18(21)17-10-13-6-2-4-8-16(13)22-17/h1-8,14,17H,9-11,19H2. The van der Waals surface area contributed by atoms with Gasteiger partial charge in [0, 0.05) is 23.2 Å². The summed E-state index contributed by atoms with van der Waals surface area (Å²) in [5, 5.41) is -0.0317. The minimum absolute atomic E-state index is 0.0210. The summed E-state index contributed by atoms with van der Waals surface area (Å²) in [5.41, 5.74) is 9.65. The summed E-state index contributed by atoms with van der Waals surface area (Å²) in [6.07, 6.45) is 1.66. The number of thioether (sulfide) groups is 1. The number of para-hydroxylation sites is 1. The summed E-state index contributed by atoms with van der Waals surface area (Å²) in [6.45, 7) is 0.614. The molecule has 2 aromatic rings. The summed E-state index contributed by atoms with van der Waals surface area (Å²) in [6, 6.07) is 16.4. The molecule has 0 bridgehead atoms. The summed E-state index contributed by atoms with van der Waals surface area (Å²) in [4.78, 5) is 16.2. The van der Waals surface area contributed by atoms with Crippen molar-refractivity contribution in [3.8, 4) is 0 Å². The van der Waals surface area contributed by atoms with E-state index >= 15 is 0 Å². The first-order chi connectivity index (χ1) is 10.7. The molecule has 0 saturated heterocycles. The van der Waals surface area contributed by atoms with Gasteiger partial charge in [0.05, 0.1) is 5.25 Å². The number of amides is 1. The van der Waals surface area contributed by atoms with E-state index in [1.807, 2.05) is 35.2 Å². The minimum atomic E-state index is -0.0317. The van der Waals surface area contributed by atoms with E-state index in [1.165, 1.54) is 16.0 Å². The van der Waals surface area contributed by atoms with Gasteiger partial charge in [0.2, 0.25) is 5.91 Å². The molecule has 2 atom stereocenters. The van der Waals surface area contributed by atoms with Crippen molar-refractivity contribution in [2.75, 3.05) is 11.4 Å². The average Bonchev–Trinajstić information content (AvgIpc) is 2.97. The van der Waals surface area contributed by atoms with Crippen LogP contribution < -0.4 is 10.6 Å². The first-order valence-corrected chi connectivity index (χ1v) is 8.50. The van der Waals surface area contributed by atoms with Crippen LogP contribution in [0, 0.1) is 0 Å². The fourth-order valence-electron chi connectivity index (χ4n) is 3.33. The maximum absolute atomic E-state index is 13.0. The Morgan fingerprint density at radius 2 is 1.77 bits per heavy atom. The largest absolute Gasteiger partial charge is 0.326 e. The normalized spacial score (nSPS) is 23.0. The Morgan fingerprint density at radius 3 is 2.59 bits per heavy atom. The Bertz CT molecular complexity index is 706. The molecule has 0 aliphatic carbocycles. The molecule has 0 fully saturated rings. The number of rotatable bonds is 1. The number of carbonyl (C=O) groups is 1. The molecule has 2 aliphatic heterocycles. The number of nitrogens with zero attached hydrogens (tertiary/aromatic N) is 1. The Labute approximate surface area is 134 Å². The number of hydrogen-bond acceptors (Lipinski definition) is 3. The van der Waals surface area contributed by atoms with Gasteiger partial charge in [-0.2, -0.15) is 0 Å². The molecule has 2 aromatic carbocycles. The smallest absolute Gasteiger partial charge is 0.240 e. The molecule has 0 saturated carbocycles. The molecule has 2 heterocycles. The number of fused-ring (bicyclic) bond motifs is 2. The Kier molecular flexibility index (Phi) is 3.43. The molecule has 2 unspecified atom stereocenters.